The van der Waals surface area contributed by atoms with Crippen LogP contribution in [0.4, 0.5) is 5.82 Å². The van der Waals surface area contributed by atoms with Crippen molar-refractivity contribution in [3.63, 3.8) is 0 Å². The van der Waals surface area contributed by atoms with Crippen molar-refractivity contribution in [2.24, 2.45) is 0 Å². The number of rotatable bonds is 4. The number of pyridine rings is 1. The third kappa shape index (κ3) is 3.39. The molecule has 3 N–H and O–H groups in total. The molecule has 0 aliphatic rings. The fraction of sp³-hybridized carbons (Fsp3) is 0.125. The molecule has 0 fully saturated rings. The fourth-order valence-corrected chi connectivity index (χ4v) is 4.12. The van der Waals surface area contributed by atoms with Gasteiger partial charge in [0.1, 0.15) is 17.4 Å². The van der Waals surface area contributed by atoms with Gasteiger partial charge in [-0.05, 0) is 43.0 Å². The van der Waals surface area contributed by atoms with Crippen LogP contribution in [0.3, 0.4) is 0 Å². The zero-order valence-electron chi connectivity index (χ0n) is 18.1. The standard InChI is InChI=1S/C24H21N7O2/c1-14-7-6-8-16-11-18(30(24(33)20(14)16)17-9-4-3-5-10-17)15(2)28-23(32)21-19-12-26-13-27-31(19)29-22(21)25/h3-13,15H,1-2H3,(H2,25,29)(H,28,32)/t15-/m0/s1. The Morgan fingerprint density at radius 2 is 1.91 bits per heavy atom. The van der Waals surface area contributed by atoms with E-state index >= 15 is 0 Å². The number of hydrogen-bond donors (Lipinski definition) is 2. The molecule has 1 amide bonds. The van der Waals surface area contributed by atoms with Gasteiger partial charge in [-0.3, -0.25) is 14.2 Å². The number of carbonyl (C=O) groups is 1. The summed E-state index contributed by atoms with van der Waals surface area (Å²) < 4.78 is 2.91. The summed E-state index contributed by atoms with van der Waals surface area (Å²) in [6.07, 6.45) is 2.80. The summed E-state index contributed by atoms with van der Waals surface area (Å²) in [5.41, 5.74) is 8.68. The van der Waals surface area contributed by atoms with Gasteiger partial charge in [-0.1, -0.05) is 36.4 Å². The Morgan fingerprint density at radius 3 is 2.70 bits per heavy atom. The van der Waals surface area contributed by atoms with Crippen LogP contribution in [0, 0.1) is 6.92 Å². The van der Waals surface area contributed by atoms with Crippen LogP contribution in [0.15, 0.2) is 71.9 Å². The first-order valence-electron chi connectivity index (χ1n) is 10.4. The molecule has 0 spiro atoms. The average Bonchev–Trinajstić information content (AvgIpc) is 3.15. The van der Waals surface area contributed by atoms with Gasteiger partial charge in [-0.25, -0.2) is 4.98 Å². The fourth-order valence-electron chi connectivity index (χ4n) is 4.12. The highest BCUT2D eigenvalue weighted by atomic mass is 16.2. The minimum atomic E-state index is -0.519. The Balaban J connectivity index is 1.64. The van der Waals surface area contributed by atoms with Crippen molar-refractivity contribution in [1.29, 1.82) is 0 Å². The maximum absolute atomic E-state index is 13.6. The van der Waals surface area contributed by atoms with E-state index in [0.717, 1.165) is 10.9 Å². The molecular formula is C24H21N7O2. The molecule has 0 saturated heterocycles. The highest BCUT2D eigenvalue weighted by Gasteiger charge is 2.23. The topological polar surface area (TPSA) is 120 Å². The molecule has 9 nitrogen and oxygen atoms in total. The van der Waals surface area contributed by atoms with E-state index in [9.17, 15) is 9.59 Å². The molecule has 164 valence electrons. The lowest BCUT2D eigenvalue weighted by Crippen LogP contribution is -2.32. The van der Waals surface area contributed by atoms with Gasteiger partial charge in [0.05, 0.1) is 17.6 Å². The van der Waals surface area contributed by atoms with E-state index in [1.165, 1.54) is 17.2 Å². The SMILES string of the molecule is Cc1cccc2cc([C@H](C)NC(=O)c3c(N)nn4ncncc34)n(-c3ccccc3)c(=O)c12. The van der Waals surface area contributed by atoms with Crippen molar-refractivity contribution >= 4 is 28.0 Å². The number of amides is 1. The number of nitrogens with one attached hydrogen (secondary N) is 1. The summed E-state index contributed by atoms with van der Waals surface area (Å²) in [4.78, 5) is 30.8. The first kappa shape index (κ1) is 20.4. The average molecular weight is 439 g/mol. The van der Waals surface area contributed by atoms with E-state index in [1.54, 1.807) is 4.57 Å². The highest BCUT2D eigenvalue weighted by molar-refractivity contribution is 6.05. The summed E-state index contributed by atoms with van der Waals surface area (Å²) in [5.74, 6) is -0.379. The maximum atomic E-state index is 13.6. The second-order valence-electron chi connectivity index (χ2n) is 7.82. The van der Waals surface area contributed by atoms with Crippen LogP contribution in [0.25, 0.3) is 22.0 Å². The van der Waals surface area contributed by atoms with Crippen molar-refractivity contribution < 1.29 is 4.79 Å². The lowest BCUT2D eigenvalue weighted by molar-refractivity contribution is 0.0941. The van der Waals surface area contributed by atoms with Crippen LogP contribution in [-0.2, 0) is 0 Å². The quantitative estimate of drug-likeness (QED) is 0.444. The monoisotopic (exact) mass is 439 g/mol. The summed E-state index contributed by atoms with van der Waals surface area (Å²) in [5, 5.41) is 12.5. The van der Waals surface area contributed by atoms with Crippen molar-refractivity contribution in [2.45, 2.75) is 19.9 Å². The molecule has 5 aromatic rings. The van der Waals surface area contributed by atoms with E-state index < -0.39 is 11.9 Å². The number of carbonyl (C=O) groups excluding carboxylic acids is 1. The molecule has 33 heavy (non-hydrogen) atoms. The zero-order chi connectivity index (χ0) is 23.1. The molecule has 5 rings (SSSR count). The molecule has 0 radical (unpaired) electrons. The molecule has 0 unspecified atom stereocenters. The predicted octanol–water partition coefficient (Wildman–Crippen LogP) is 2.81. The number of nitrogen functional groups attached to an aromatic ring is 1. The van der Waals surface area contributed by atoms with Gasteiger partial charge < -0.3 is 11.1 Å². The molecule has 0 aliphatic heterocycles. The normalized spacial score (nSPS) is 12.2. The Labute approximate surface area is 188 Å². The van der Waals surface area contributed by atoms with Crippen molar-refractivity contribution in [3.8, 4) is 5.69 Å². The number of nitrogens with zero attached hydrogens (tertiary/aromatic N) is 5. The number of aromatic nitrogens is 5. The summed E-state index contributed by atoms with van der Waals surface area (Å²) in [7, 11) is 0. The molecule has 9 heteroatoms. The molecular weight excluding hydrogens is 418 g/mol. The van der Waals surface area contributed by atoms with Crippen LogP contribution in [0.1, 0.15) is 34.6 Å². The second-order valence-corrected chi connectivity index (χ2v) is 7.82. The summed E-state index contributed by atoms with van der Waals surface area (Å²) >= 11 is 0. The van der Waals surface area contributed by atoms with Crippen LogP contribution in [0.5, 0.6) is 0 Å². The molecule has 0 bridgehead atoms. The smallest absolute Gasteiger partial charge is 0.263 e. The molecule has 1 atom stereocenters. The Hall–Kier alpha value is -4.53. The van der Waals surface area contributed by atoms with Gasteiger partial charge in [0, 0.05) is 11.4 Å². The van der Waals surface area contributed by atoms with Gasteiger partial charge in [-0.2, -0.15) is 0 Å². The Morgan fingerprint density at radius 1 is 1.12 bits per heavy atom. The van der Waals surface area contributed by atoms with Crippen LogP contribution < -0.4 is 16.6 Å². The van der Waals surface area contributed by atoms with E-state index in [0.29, 0.717) is 22.3 Å². The maximum Gasteiger partial charge on any atom is 0.263 e. The molecule has 3 heterocycles. The number of nitrogens with two attached hydrogens (primary N) is 1. The van der Waals surface area contributed by atoms with Crippen molar-refractivity contribution in [3.05, 3.63) is 94.3 Å². The molecule has 0 aliphatic carbocycles. The number of anilines is 1. The van der Waals surface area contributed by atoms with Gasteiger partial charge in [0.15, 0.2) is 5.82 Å². The summed E-state index contributed by atoms with van der Waals surface area (Å²) in [6, 6.07) is 16.5. The highest BCUT2D eigenvalue weighted by Crippen LogP contribution is 2.24. The van der Waals surface area contributed by atoms with Crippen LogP contribution in [0.2, 0.25) is 0 Å². The molecule has 0 saturated carbocycles. The lowest BCUT2D eigenvalue weighted by Gasteiger charge is -2.21. The third-order valence-corrected chi connectivity index (χ3v) is 5.67. The lowest BCUT2D eigenvalue weighted by atomic mass is 10.0. The van der Waals surface area contributed by atoms with Crippen LogP contribution in [-0.4, -0.2) is 30.3 Å². The minimum Gasteiger partial charge on any atom is -0.381 e. The Kier molecular flexibility index (Phi) is 4.86. The molecule has 3 aromatic heterocycles. The van der Waals surface area contributed by atoms with E-state index in [2.05, 4.69) is 20.5 Å². The minimum absolute atomic E-state index is 0.0507. The van der Waals surface area contributed by atoms with Crippen molar-refractivity contribution in [1.82, 2.24) is 29.7 Å². The summed E-state index contributed by atoms with van der Waals surface area (Å²) in [6.45, 7) is 3.74. The number of fused-ring (bicyclic) bond motifs is 2. The van der Waals surface area contributed by atoms with Crippen molar-refractivity contribution in [2.75, 3.05) is 5.73 Å². The van der Waals surface area contributed by atoms with Gasteiger partial charge in [0.2, 0.25) is 0 Å². The first-order valence-corrected chi connectivity index (χ1v) is 10.4. The first-order chi connectivity index (χ1) is 16.0. The van der Waals surface area contributed by atoms with E-state index in [-0.39, 0.29) is 16.9 Å². The van der Waals surface area contributed by atoms with E-state index in [4.69, 9.17) is 5.73 Å². The van der Waals surface area contributed by atoms with E-state index in [1.807, 2.05) is 68.4 Å². The predicted molar refractivity (Wildman–Crippen MR) is 125 cm³/mol. The number of aryl methyl sites for hydroxylation is 1. The zero-order valence-corrected chi connectivity index (χ0v) is 18.1. The number of para-hydroxylation sites is 1. The third-order valence-electron chi connectivity index (χ3n) is 5.67. The largest absolute Gasteiger partial charge is 0.381 e. The van der Waals surface area contributed by atoms with Gasteiger partial charge in [0.25, 0.3) is 11.5 Å². The van der Waals surface area contributed by atoms with Gasteiger partial charge in [-0.15, -0.1) is 14.8 Å². The molecule has 2 aromatic carbocycles. The van der Waals surface area contributed by atoms with Crippen LogP contribution >= 0.6 is 0 Å². The second kappa shape index (κ2) is 7.86. The van der Waals surface area contributed by atoms with Gasteiger partial charge >= 0.3 is 0 Å². The number of hydrogen-bond acceptors (Lipinski definition) is 6. The Bertz CT molecular complexity index is 1570. The number of benzene rings is 2.